The van der Waals surface area contributed by atoms with Gasteiger partial charge in [-0.05, 0) is 36.1 Å². The second kappa shape index (κ2) is 10.6. The number of allylic oxidation sites excluding steroid dienone is 1. The van der Waals surface area contributed by atoms with Crippen LogP contribution in [0.25, 0.3) is 11.4 Å². The molecule has 3 aromatic rings. The van der Waals surface area contributed by atoms with Crippen molar-refractivity contribution in [3.8, 4) is 11.4 Å². The van der Waals surface area contributed by atoms with Gasteiger partial charge in [-0.1, -0.05) is 57.2 Å². The van der Waals surface area contributed by atoms with Crippen molar-refractivity contribution in [3.63, 3.8) is 0 Å². The maximum absolute atomic E-state index is 12.4. The van der Waals surface area contributed by atoms with Crippen molar-refractivity contribution in [3.05, 3.63) is 58.8 Å². The molecule has 0 aliphatic heterocycles. The highest BCUT2D eigenvalue weighted by Crippen LogP contribution is 2.28. The lowest BCUT2D eigenvalue weighted by molar-refractivity contribution is -0.113. The Balaban J connectivity index is 1.66. The molecule has 7 heteroatoms. The van der Waals surface area contributed by atoms with E-state index in [0.717, 1.165) is 35.1 Å². The van der Waals surface area contributed by atoms with E-state index in [1.54, 1.807) is 11.3 Å². The van der Waals surface area contributed by atoms with E-state index in [1.165, 1.54) is 22.2 Å². The smallest absolute Gasteiger partial charge is 0.234 e. The van der Waals surface area contributed by atoms with Gasteiger partial charge in [0.05, 0.1) is 5.75 Å². The number of thiophene rings is 1. The number of carbonyl (C=O) groups excluding carboxylic acids is 1. The molecule has 2 heterocycles. The number of thioether (sulfide) groups is 1. The van der Waals surface area contributed by atoms with Crippen molar-refractivity contribution < 1.29 is 4.79 Å². The first-order valence-electron chi connectivity index (χ1n) is 10.2. The molecule has 158 valence electrons. The number of nitrogens with zero attached hydrogens (tertiary/aromatic N) is 3. The van der Waals surface area contributed by atoms with E-state index in [-0.39, 0.29) is 11.7 Å². The van der Waals surface area contributed by atoms with Crippen LogP contribution in [-0.4, -0.2) is 26.4 Å². The number of rotatable bonds is 10. The summed E-state index contributed by atoms with van der Waals surface area (Å²) in [5.41, 5.74) is 3.13. The molecule has 30 heavy (non-hydrogen) atoms. The number of anilines is 1. The van der Waals surface area contributed by atoms with Gasteiger partial charge in [-0.2, -0.15) is 0 Å². The Kier molecular flexibility index (Phi) is 7.87. The molecule has 1 aromatic carbocycles. The van der Waals surface area contributed by atoms with Gasteiger partial charge in [0.25, 0.3) is 0 Å². The van der Waals surface area contributed by atoms with Crippen LogP contribution in [0.3, 0.4) is 0 Å². The van der Waals surface area contributed by atoms with E-state index in [1.807, 2.05) is 34.9 Å². The summed E-state index contributed by atoms with van der Waals surface area (Å²) >= 11 is 3.14. The minimum absolute atomic E-state index is 0.0623. The quantitative estimate of drug-likeness (QED) is 0.310. The van der Waals surface area contributed by atoms with E-state index in [4.69, 9.17) is 0 Å². The van der Waals surface area contributed by atoms with E-state index >= 15 is 0 Å². The summed E-state index contributed by atoms with van der Waals surface area (Å²) in [6.07, 6.45) is 4.02. The van der Waals surface area contributed by atoms with Gasteiger partial charge >= 0.3 is 0 Å². The van der Waals surface area contributed by atoms with Gasteiger partial charge in [0.15, 0.2) is 11.0 Å². The Morgan fingerprint density at radius 2 is 2.07 bits per heavy atom. The van der Waals surface area contributed by atoms with Crippen molar-refractivity contribution >= 4 is 34.7 Å². The highest BCUT2D eigenvalue weighted by atomic mass is 32.2. The van der Waals surface area contributed by atoms with Crippen LogP contribution in [0.4, 0.5) is 5.69 Å². The molecule has 0 saturated heterocycles. The first-order valence-corrected chi connectivity index (χ1v) is 12.0. The number of benzene rings is 1. The van der Waals surface area contributed by atoms with Crippen molar-refractivity contribution in [2.24, 2.45) is 0 Å². The molecule has 1 N–H and O–H groups in total. The zero-order valence-corrected chi connectivity index (χ0v) is 19.4. The monoisotopic (exact) mass is 440 g/mol. The SMILES string of the molecule is C=CCn1c(SCC(=O)Nc2ccc(C(C)C)cc2)nnc1-c1csc(CCC)c1. The molecule has 1 amide bonds. The predicted octanol–water partition coefficient (Wildman–Crippen LogP) is 6.00. The molecule has 0 atom stereocenters. The first-order chi connectivity index (χ1) is 14.5. The van der Waals surface area contributed by atoms with Crippen molar-refractivity contribution in [1.29, 1.82) is 0 Å². The standard InChI is InChI=1S/C23H28N4OS2/c1-5-7-20-13-18(14-29-20)22-25-26-23(27(22)12-6-2)30-15-21(28)24-19-10-8-17(9-11-19)16(3)4/h6,8-11,13-14,16H,2,5,7,12,15H2,1,3-4H3,(H,24,28). The molecular formula is C23H28N4OS2. The fraction of sp³-hybridized carbons (Fsp3) is 0.348. The van der Waals surface area contributed by atoms with Crippen LogP contribution in [0.1, 0.15) is 43.6 Å². The molecule has 0 aliphatic rings. The molecule has 5 nitrogen and oxygen atoms in total. The minimum atomic E-state index is -0.0623. The summed E-state index contributed by atoms with van der Waals surface area (Å²) in [7, 11) is 0. The molecule has 2 aromatic heterocycles. The number of carbonyl (C=O) groups is 1. The summed E-state index contributed by atoms with van der Waals surface area (Å²) in [6, 6.07) is 10.2. The van der Waals surface area contributed by atoms with E-state index < -0.39 is 0 Å². The van der Waals surface area contributed by atoms with Crippen molar-refractivity contribution in [2.75, 3.05) is 11.1 Å². The average molecular weight is 441 g/mol. The Morgan fingerprint density at radius 1 is 1.30 bits per heavy atom. The predicted molar refractivity (Wildman–Crippen MR) is 127 cm³/mol. The number of hydrogen-bond acceptors (Lipinski definition) is 5. The lowest BCUT2D eigenvalue weighted by atomic mass is 10.0. The van der Waals surface area contributed by atoms with E-state index in [2.05, 4.69) is 54.3 Å². The lowest BCUT2D eigenvalue weighted by Gasteiger charge is -2.09. The van der Waals surface area contributed by atoms with E-state index in [9.17, 15) is 4.79 Å². The normalized spacial score (nSPS) is 11.1. The second-order valence-electron chi connectivity index (χ2n) is 7.37. The Hall–Kier alpha value is -2.38. The Morgan fingerprint density at radius 3 is 2.73 bits per heavy atom. The number of aromatic nitrogens is 3. The maximum Gasteiger partial charge on any atom is 0.234 e. The molecule has 0 fully saturated rings. The summed E-state index contributed by atoms with van der Waals surface area (Å²) in [5, 5.41) is 14.5. The third kappa shape index (κ3) is 5.61. The third-order valence-electron chi connectivity index (χ3n) is 4.63. The van der Waals surface area contributed by atoms with Crippen LogP contribution < -0.4 is 5.32 Å². The van der Waals surface area contributed by atoms with Gasteiger partial charge < -0.3 is 5.32 Å². The van der Waals surface area contributed by atoms with Crippen LogP contribution in [0, 0.1) is 0 Å². The molecule has 0 spiro atoms. The van der Waals surface area contributed by atoms with Crippen molar-refractivity contribution in [2.45, 2.75) is 51.2 Å². The fourth-order valence-electron chi connectivity index (χ4n) is 3.06. The van der Waals surface area contributed by atoms with Gasteiger partial charge in [0.1, 0.15) is 0 Å². The third-order valence-corrected chi connectivity index (χ3v) is 6.59. The highest BCUT2D eigenvalue weighted by Gasteiger charge is 2.16. The Labute approximate surface area is 186 Å². The topological polar surface area (TPSA) is 59.8 Å². The lowest BCUT2D eigenvalue weighted by Crippen LogP contribution is -2.14. The zero-order chi connectivity index (χ0) is 21.5. The minimum Gasteiger partial charge on any atom is -0.325 e. The molecular weight excluding hydrogens is 412 g/mol. The molecule has 0 aliphatic carbocycles. The van der Waals surface area contributed by atoms with Crippen LogP contribution in [0.15, 0.2) is 53.5 Å². The molecule has 0 saturated carbocycles. The van der Waals surface area contributed by atoms with Gasteiger partial charge in [0.2, 0.25) is 5.91 Å². The summed E-state index contributed by atoms with van der Waals surface area (Å²) in [6.45, 7) is 10.9. The second-order valence-corrected chi connectivity index (χ2v) is 9.31. The van der Waals surface area contributed by atoms with Crippen LogP contribution >= 0.6 is 23.1 Å². The maximum atomic E-state index is 12.4. The van der Waals surface area contributed by atoms with Gasteiger partial charge in [-0.15, -0.1) is 28.1 Å². The number of aryl methyl sites for hydroxylation is 1. The molecule has 3 rings (SSSR count). The van der Waals surface area contributed by atoms with E-state index in [0.29, 0.717) is 12.5 Å². The average Bonchev–Trinajstić information content (AvgIpc) is 3.34. The van der Waals surface area contributed by atoms with Crippen LogP contribution in [-0.2, 0) is 17.8 Å². The summed E-state index contributed by atoms with van der Waals surface area (Å²) < 4.78 is 2.01. The Bertz CT molecular complexity index is 989. The summed E-state index contributed by atoms with van der Waals surface area (Å²) in [5.74, 6) is 1.50. The van der Waals surface area contributed by atoms with Gasteiger partial charge in [0, 0.05) is 28.1 Å². The number of nitrogens with one attached hydrogen (secondary N) is 1. The molecule has 0 bridgehead atoms. The molecule has 0 unspecified atom stereocenters. The first kappa shape index (κ1) is 22.3. The number of hydrogen-bond donors (Lipinski definition) is 1. The van der Waals surface area contributed by atoms with Crippen molar-refractivity contribution in [1.82, 2.24) is 14.8 Å². The van der Waals surface area contributed by atoms with Crippen LogP contribution in [0.2, 0.25) is 0 Å². The molecule has 0 radical (unpaired) electrons. The zero-order valence-electron chi connectivity index (χ0n) is 17.7. The van der Waals surface area contributed by atoms with Gasteiger partial charge in [-0.3, -0.25) is 9.36 Å². The number of amides is 1. The summed E-state index contributed by atoms with van der Waals surface area (Å²) in [4.78, 5) is 13.8. The van der Waals surface area contributed by atoms with Crippen LogP contribution in [0.5, 0.6) is 0 Å². The highest BCUT2D eigenvalue weighted by molar-refractivity contribution is 7.99. The van der Waals surface area contributed by atoms with Gasteiger partial charge in [-0.25, -0.2) is 0 Å². The largest absolute Gasteiger partial charge is 0.325 e. The fourth-order valence-corrected chi connectivity index (χ4v) is 4.77.